The van der Waals surface area contributed by atoms with Crippen LogP contribution in [0.25, 0.3) is 0 Å². The number of guanidine groups is 1. The molecular weight excluding hydrogens is 631 g/mol. The van der Waals surface area contributed by atoms with E-state index in [4.69, 9.17) is 20.9 Å². The second-order valence-corrected chi connectivity index (χ2v) is 15.3. The Morgan fingerprint density at radius 1 is 0.542 bits per heavy atom. The first-order valence-electron chi connectivity index (χ1n) is 19.8. The predicted octanol–water partition coefficient (Wildman–Crippen LogP) is 12.6. The zero-order valence-corrected chi connectivity index (χ0v) is 33.1. The molecule has 0 spiro atoms. The third-order valence-corrected chi connectivity index (χ3v) is 10.3. The number of nitrogens with two attached hydrogens (primary N) is 2. The van der Waals surface area contributed by atoms with Crippen molar-refractivity contribution in [2.75, 3.05) is 31.5 Å². The van der Waals surface area contributed by atoms with Crippen molar-refractivity contribution in [3.05, 3.63) is 48.6 Å². The summed E-state index contributed by atoms with van der Waals surface area (Å²) in [4.78, 5) is 4.05. The molecule has 0 aromatic heterocycles. The van der Waals surface area contributed by atoms with Crippen molar-refractivity contribution < 1.29 is 9.47 Å². The third-order valence-electron chi connectivity index (χ3n) is 8.13. The van der Waals surface area contributed by atoms with E-state index in [9.17, 15) is 0 Å². The molecule has 0 saturated carbocycles. The zero-order chi connectivity index (χ0) is 34.9. The lowest BCUT2D eigenvalue weighted by Gasteiger charge is -2.17. The standard InChI is InChI=1S/C41H77N3O2S2/c1-3-5-7-9-11-13-15-17-19-21-23-25-27-29-31-33-35-45-37-40(38-47-48-39-44-41(42)43)46-36-34-32-30-28-26-24-22-20-18-16-14-12-10-8-6-4-2/h11-14,17-20,40H,3-10,15-16,21-39H2,1-2H3,(H4,42,43,44). The first-order valence-corrected chi connectivity index (χ1v) is 22.3. The highest BCUT2D eigenvalue weighted by molar-refractivity contribution is 8.76. The number of nitrogens with zero attached hydrogens (tertiary/aromatic N) is 1. The van der Waals surface area contributed by atoms with E-state index in [1.807, 2.05) is 0 Å². The predicted molar refractivity (Wildman–Crippen MR) is 220 cm³/mol. The normalized spacial score (nSPS) is 12.8. The maximum absolute atomic E-state index is 6.25. The van der Waals surface area contributed by atoms with Crippen molar-refractivity contribution in [3.8, 4) is 0 Å². The van der Waals surface area contributed by atoms with E-state index in [1.54, 1.807) is 21.6 Å². The van der Waals surface area contributed by atoms with Gasteiger partial charge >= 0.3 is 0 Å². The molecular formula is C41H77N3O2S2. The van der Waals surface area contributed by atoms with E-state index in [2.05, 4.69) is 67.4 Å². The molecule has 0 aliphatic carbocycles. The Hall–Kier alpha value is -1.15. The second-order valence-electron chi connectivity index (χ2n) is 12.9. The van der Waals surface area contributed by atoms with Crippen molar-refractivity contribution >= 4 is 27.5 Å². The quantitative estimate of drug-likeness (QED) is 0.0218. The fourth-order valence-corrected chi connectivity index (χ4v) is 7.00. The van der Waals surface area contributed by atoms with Gasteiger partial charge in [0, 0.05) is 19.0 Å². The van der Waals surface area contributed by atoms with Gasteiger partial charge in [0.15, 0.2) is 5.96 Å². The van der Waals surface area contributed by atoms with Gasteiger partial charge in [-0.05, 0) is 77.0 Å². The first-order chi connectivity index (χ1) is 23.7. The zero-order valence-electron chi connectivity index (χ0n) is 31.4. The van der Waals surface area contributed by atoms with E-state index >= 15 is 0 Å². The number of hydrogen-bond acceptors (Lipinski definition) is 5. The first kappa shape index (κ1) is 46.9. The van der Waals surface area contributed by atoms with E-state index in [0.717, 1.165) is 44.6 Å². The van der Waals surface area contributed by atoms with E-state index in [0.29, 0.717) is 12.5 Å². The van der Waals surface area contributed by atoms with Crippen LogP contribution in [-0.2, 0) is 9.47 Å². The molecule has 5 nitrogen and oxygen atoms in total. The van der Waals surface area contributed by atoms with E-state index in [-0.39, 0.29) is 12.1 Å². The lowest BCUT2D eigenvalue weighted by atomic mass is 10.1. The van der Waals surface area contributed by atoms with Gasteiger partial charge in [-0.15, -0.1) is 0 Å². The summed E-state index contributed by atoms with van der Waals surface area (Å²) in [6.07, 6.45) is 49.1. The molecule has 0 heterocycles. The molecule has 0 bridgehead atoms. The van der Waals surface area contributed by atoms with Crippen LogP contribution in [0.5, 0.6) is 0 Å². The molecule has 0 rings (SSSR count). The fourth-order valence-electron chi connectivity index (χ4n) is 5.15. The van der Waals surface area contributed by atoms with Crippen molar-refractivity contribution in [2.24, 2.45) is 16.5 Å². The Kier molecular flexibility index (Phi) is 41.0. The Morgan fingerprint density at radius 3 is 1.46 bits per heavy atom. The summed E-state index contributed by atoms with van der Waals surface area (Å²) in [6.45, 7) is 6.82. The van der Waals surface area contributed by atoms with Crippen LogP contribution in [0.15, 0.2) is 53.6 Å². The summed E-state index contributed by atoms with van der Waals surface area (Å²) in [5, 5.41) is 0. The van der Waals surface area contributed by atoms with Crippen molar-refractivity contribution in [3.63, 3.8) is 0 Å². The van der Waals surface area contributed by atoms with Gasteiger partial charge in [0.1, 0.15) is 0 Å². The molecule has 0 aliphatic rings. The molecule has 4 N–H and O–H groups in total. The van der Waals surface area contributed by atoms with E-state index < -0.39 is 0 Å². The van der Waals surface area contributed by atoms with Gasteiger partial charge in [-0.3, -0.25) is 0 Å². The van der Waals surface area contributed by atoms with Crippen LogP contribution < -0.4 is 11.5 Å². The number of hydrogen-bond donors (Lipinski definition) is 2. The monoisotopic (exact) mass is 708 g/mol. The molecule has 0 radical (unpaired) electrons. The summed E-state index contributed by atoms with van der Waals surface area (Å²) in [5.74, 6) is 1.60. The summed E-state index contributed by atoms with van der Waals surface area (Å²) in [7, 11) is 3.42. The Balaban J connectivity index is 3.86. The van der Waals surface area contributed by atoms with Crippen molar-refractivity contribution in [1.29, 1.82) is 0 Å². The summed E-state index contributed by atoms with van der Waals surface area (Å²) in [5.41, 5.74) is 10.9. The van der Waals surface area contributed by atoms with Crippen LogP contribution in [0, 0.1) is 0 Å². The lowest BCUT2D eigenvalue weighted by Crippen LogP contribution is -2.23. The Morgan fingerprint density at radius 2 is 0.979 bits per heavy atom. The maximum atomic E-state index is 6.25. The van der Waals surface area contributed by atoms with Gasteiger partial charge < -0.3 is 20.9 Å². The minimum Gasteiger partial charge on any atom is -0.379 e. The molecule has 1 atom stereocenters. The molecule has 0 fully saturated rings. The topological polar surface area (TPSA) is 82.9 Å². The molecule has 0 aliphatic heterocycles. The molecule has 48 heavy (non-hydrogen) atoms. The van der Waals surface area contributed by atoms with Crippen LogP contribution >= 0.6 is 21.6 Å². The number of ether oxygens (including phenoxy) is 2. The number of unbranched alkanes of at least 4 members (excludes halogenated alkanes) is 18. The number of aliphatic imine (C=N–C) groups is 1. The number of allylic oxidation sites excluding steroid dienone is 8. The molecule has 0 saturated heterocycles. The Bertz CT molecular complexity index is 782. The van der Waals surface area contributed by atoms with E-state index in [1.165, 1.54) is 128 Å². The largest absolute Gasteiger partial charge is 0.379 e. The van der Waals surface area contributed by atoms with Crippen LogP contribution in [-0.4, -0.2) is 43.5 Å². The maximum Gasteiger partial charge on any atom is 0.186 e. The fraction of sp³-hybridized carbons (Fsp3) is 0.780. The van der Waals surface area contributed by atoms with Gasteiger partial charge in [-0.25, -0.2) is 4.99 Å². The average molecular weight is 708 g/mol. The summed E-state index contributed by atoms with van der Waals surface area (Å²) in [6, 6.07) is 0. The number of rotatable bonds is 38. The molecule has 280 valence electrons. The molecule has 0 aromatic carbocycles. The van der Waals surface area contributed by atoms with Gasteiger partial charge in [0.2, 0.25) is 0 Å². The van der Waals surface area contributed by atoms with Crippen LogP contribution in [0.4, 0.5) is 0 Å². The minimum absolute atomic E-state index is 0.115. The van der Waals surface area contributed by atoms with Gasteiger partial charge in [0.05, 0.1) is 18.6 Å². The van der Waals surface area contributed by atoms with Crippen molar-refractivity contribution in [1.82, 2.24) is 0 Å². The van der Waals surface area contributed by atoms with Crippen LogP contribution in [0.1, 0.15) is 168 Å². The minimum atomic E-state index is 0.115. The molecule has 0 amide bonds. The summed E-state index contributed by atoms with van der Waals surface area (Å²) < 4.78 is 12.3. The van der Waals surface area contributed by atoms with Gasteiger partial charge in [0.25, 0.3) is 0 Å². The average Bonchev–Trinajstić information content (AvgIpc) is 3.08. The lowest BCUT2D eigenvalue weighted by molar-refractivity contribution is -0.00609. The second kappa shape index (κ2) is 42.0. The molecule has 1 unspecified atom stereocenters. The smallest absolute Gasteiger partial charge is 0.186 e. The highest BCUT2D eigenvalue weighted by Crippen LogP contribution is 2.23. The molecule has 7 heteroatoms. The van der Waals surface area contributed by atoms with Crippen LogP contribution in [0.2, 0.25) is 0 Å². The van der Waals surface area contributed by atoms with Gasteiger partial charge in [-0.2, -0.15) is 0 Å². The summed E-state index contributed by atoms with van der Waals surface area (Å²) >= 11 is 0. The molecule has 0 aromatic rings. The van der Waals surface area contributed by atoms with Gasteiger partial charge in [-0.1, -0.05) is 161 Å². The highest BCUT2D eigenvalue weighted by atomic mass is 33.1. The third kappa shape index (κ3) is 41.0. The Labute approximate surface area is 306 Å². The van der Waals surface area contributed by atoms with Crippen molar-refractivity contribution in [2.45, 2.75) is 174 Å². The highest BCUT2D eigenvalue weighted by Gasteiger charge is 2.10. The van der Waals surface area contributed by atoms with Crippen LogP contribution in [0.3, 0.4) is 0 Å². The SMILES string of the molecule is CCCCCC=CCC=CCCCCCCCCOCC(CSSCN=C(N)N)OCCCCCCCCC=CCC=CCCCCC.